The highest BCUT2D eigenvalue weighted by Crippen LogP contribution is 2.39. The number of carbonyl (C=O) groups excluding carboxylic acids is 2. The monoisotopic (exact) mass is 560 g/mol. The molecule has 8 heteroatoms. The van der Waals surface area contributed by atoms with Crippen molar-refractivity contribution in [2.75, 3.05) is 27.9 Å². The Bertz CT molecular complexity index is 1610. The van der Waals surface area contributed by atoms with Crippen LogP contribution in [-0.2, 0) is 9.59 Å². The lowest BCUT2D eigenvalue weighted by Gasteiger charge is -2.20. The average Bonchev–Trinajstić information content (AvgIpc) is 3.30. The van der Waals surface area contributed by atoms with E-state index in [1.54, 1.807) is 24.3 Å². The number of carbonyl (C=O) groups is 2. The maximum atomic E-state index is 13.5. The molecule has 5 rings (SSSR count). The van der Waals surface area contributed by atoms with Crippen LogP contribution in [0.1, 0.15) is 45.2 Å². The van der Waals surface area contributed by atoms with Gasteiger partial charge in [0.05, 0.1) is 11.3 Å². The van der Waals surface area contributed by atoms with Crippen molar-refractivity contribution in [3.8, 4) is 11.1 Å². The van der Waals surface area contributed by atoms with Crippen LogP contribution < -0.4 is 20.9 Å². The minimum absolute atomic E-state index is 0.0751. The molecule has 0 saturated heterocycles. The van der Waals surface area contributed by atoms with Crippen molar-refractivity contribution in [1.29, 1.82) is 0 Å². The number of benzene rings is 3. The van der Waals surface area contributed by atoms with E-state index in [9.17, 15) is 9.59 Å². The van der Waals surface area contributed by atoms with E-state index in [1.807, 2.05) is 100 Å². The molecule has 42 heavy (non-hydrogen) atoms. The van der Waals surface area contributed by atoms with Gasteiger partial charge in [-0.2, -0.15) is 0 Å². The second-order valence-electron chi connectivity index (χ2n) is 11.1. The molecule has 0 spiro atoms. The zero-order chi connectivity index (χ0) is 29.8. The Morgan fingerprint density at radius 2 is 1.60 bits per heavy atom. The number of amides is 2. The first-order chi connectivity index (χ1) is 20.2. The van der Waals surface area contributed by atoms with E-state index in [0.717, 1.165) is 39.3 Å². The summed E-state index contributed by atoms with van der Waals surface area (Å²) >= 11 is 0. The van der Waals surface area contributed by atoms with Crippen molar-refractivity contribution >= 4 is 46.1 Å². The molecule has 0 bridgehead atoms. The van der Waals surface area contributed by atoms with Crippen molar-refractivity contribution in [3.63, 3.8) is 0 Å². The van der Waals surface area contributed by atoms with Crippen LogP contribution in [0.5, 0.6) is 0 Å². The topological polar surface area (TPSA) is 99.3 Å². The van der Waals surface area contributed by atoms with Crippen LogP contribution in [0, 0.1) is 5.92 Å². The molecular formula is C34H36N6O2. The molecule has 1 aliphatic rings. The highest BCUT2D eigenvalue weighted by molar-refractivity contribution is 6.37. The largest absolute Gasteiger partial charge is 0.354 e. The third kappa shape index (κ3) is 6.33. The molecule has 0 saturated carbocycles. The Morgan fingerprint density at radius 1 is 0.905 bits per heavy atom. The molecule has 1 aliphatic heterocycles. The van der Waals surface area contributed by atoms with E-state index in [0.29, 0.717) is 29.6 Å². The molecular weight excluding hydrogens is 524 g/mol. The minimum Gasteiger partial charge on any atom is -0.354 e. The molecule has 3 aromatic carbocycles. The van der Waals surface area contributed by atoms with Crippen molar-refractivity contribution in [2.45, 2.75) is 40.2 Å². The van der Waals surface area contributed by atoms with E-state index in [-0.39, 0.29) is 17.9 Å². The fourth-order valence-electron chi connectivity index (χ4n) is 4.84. The average molecular weight is 561 g/mol. The van der Waals surface area contributed by atoms with E-state index in [4.69, 9.17) is 0 Å². The fraction of sp³-hybridized carbons (Fsp3) is 0.235. The van der Waals surface area contributed by atoms with Gasteiger partial charge in [-0.3, -0.25) is 9.59 Å². The normalized spacial score (nSPS) is 13.5. The zero-order valence-corrected chi connectivity index (χ0v) is 24.6. The summed E-state index contributed by atoms with van der Waals surface area (Å²) in [5, 5.41) is 9.74. The Kier molecular flexibility index (Phi) is 8.33. The number of hydrogen-bond acceptors (Lipinski definition) is 6. The predicted octanol–water partition coefficient (Wildman–Crippen LogP) is 6.91. The molecule has 0 fully saturated rings. The summed E-state index contributed by atoms with van der Waals surface area (Å²) in [7, 11) is 1.79. The van der Waals surface area contributed by atoms with E-state index in [2.05, 4.69) is 25.9 Å². The van der Waals surface area contributed by atoms with Crippen molar-refractivity contribution < 1.29 is 9.59 Å². The third-order valence-corrected chi connectivity index (χ3v) is 6.96. The number of fused-ring (bicyclic) bond motifs is 1. The lowest BCUT2D eigenvalue weighted by atomic mass is 9.98. The van der Waals surface area contributed by atoms with Gasteiger partial charge in [0.2, 0.25) is 11.9 Å². The van der Waals surface area contributed by atoms with Gasteiger partial charge in [0.1, 0.15) is 0 Å². The second kappa shape index (κ2) is 12.3. The summed E-state index contributed by atoms with van der Waals surface area (Å²) in [4.78, 5) is 36.5. The first-order valence-corrected chi connectivity index (χ1v) is 14.2. The second-order valence-corrected chi connectivity index (χ2v) is 11.1. The van der Waals surface area contributed by atoms with Gasteiger partial charge in [-0.25, -0.2) is 9.97 Å². The van der Waals surface area contributed by atoms with Crippen molar-refractivity contribution in [1.82, 2.24) is 9.97 Å². The van der Waals surface area contributed by atoms with Crippen molar-refractivity contribution in [3.05, 3.63) is 96.3 Å². The predicted molar refractivity (Wildman–Crippen MR) is 171 cm³/mol. The number of nitrogens with one attached hydrogen (secondary N) is 3. The zero-order valence-electron chi connectivity index (χ0n) is 24.6. The van der Waals surface area contributed by atoms with E-state index in [1.165, 1.54) is 0 Å². The van der Waals surface area contributed by atoms with Crippen molar-refractivity contribution in [2.24, 2.45) is 5.92 Å². The highest BCUT2D eigenvalue weighted by Gasteiger charge is 2.29. The Morgan fingerprint density at radius 3 is 2.24 bits per heavy atom. The quantitative estimate of drug-likeness (QED) is 0.193. The fourth-order valence-corrected chi connectivity index (χ4v) is 4.84. The van der Waals surface area contributed by atoms with Gasteiger partial charge >= 0.3 is 0 Å². The van der Waals surface area contributed by atoms with Gasteiger partial charge in [-0.05, 0) is 61.2 Å². The lowest BCUT2D eigenvalue weighted by Crippen LogP contribution is -2.27. The molecule has 4 aromatic rings. The SMILES string of the molecule is CC(C)CC(=O)N(C)c1ccc(N/C(=C2\C(=O)Nc3cc(-c4cnc(NC(C)C)nc4)ccc32)c2ccccc2)cc1. The van der Waals surface area contributed by atoms with Crippen LogP contribution >= 0.6 is 0 Å². The smallest absolute Gasteiger partial charge is 0.258 e. The third-order valence-electron chi connectivity index (χ3n) is 6.96. The van der Waals surface area contributed by atoms with Gasteiger partial charge in [0, 0.05) is 60.1 Å². The first-order valence-electron chi connectivity index (χ1n) is 14.2. The summed E-state index contributed by atoms with van der Waals surface area (Å²) < 4.78 is 0. The Labute approximate surface area is 246 Å². The first kappa shape index (κ1) is 28.5. The molecule has 2 heterocycles. The molecule has 0 atom stereocenters. The van der Waals surface area contributed by atoms with Crippen LogP contribution in [0.25, 0.3) is 22.4 Å². The summed E-state index contributed by atoms with van der Waals surface area (Å²) in [6.45, 7) is 8.14. The molecule has 2 amide bonds. The van der Waals surface area contributed by atoms with Gasteiger partial charge in [0.25, 0.3) is 5.91 Å². The Balaban J connectivity index is 1.47. The van der Waals surface area contributed by atoms with Gasteiger partial charge in [0.15, 0.2) is 0 Å². The number of anilines is 4. The molecule has 0 radical (unpaired) electrons. The standard InChI is InChI=1S/C34H36N6O2/c1-21(2)17-30(41)40(5)27-14-12-26(13-15-27)38-32(23-9-7-6-8-10-23)31-28-16-11-24(18-29(28)39-33(31)42)25-19-35-34(36-20-25)37-22(3)4/h6-16,18-22,38H,17H2,1-5H3,(H,39,42)(H,35,36,37)/b32-31-. The number of rotatable bonds is 9. The Hall–Kier alpha value is -4.98. The molecule has 8 nitrogen and oxygen atoms in total. The lowest BCUT2D eigenvalue weighted by molar-refractivity contribution is -0.119. The minimum atomic E-state index is -0.183. The maximum absolute atomic E-state index is 13.5. The summed E-state index contributed by atoms with van der Waals surface area (Å²) in [6.07, 6.45) is 4.05. The van der Waals surface area contributed by atoms with Crippen LogP contribution in [0.4, 0.5) is 23.0 Å². The van der Waals surface area contributed by atoms with Gasteiger partial charge < -0.3 is 20.9 Å². The van der Waals surface area contributed by atoms with Gasteiger partial charge in [-0.15, -0.1) is 0 Å². The molecule has 0 unspecified atom stereocenters. The number of hydrogen-bond donors (Lipinski definition) is 3. The van der Waals surface area contributed by atoms with Crippen LogP contribution in [0.2, 0.25) is 0 Å². The molecule has 1 aromatic heterocycles. The van der Waals surface area contributed by atoms with Crippen LogP contribution in [0.3, 0.4) is 0 Å². The molecule has 3 N–H and O–H groups in total. The molecule has 214 valence electrons. The summed E-state index contributed by atoms with van der Waals surface area (Å²) in [5.41, 5.74) is 7.07. The number of nitrogens with zero attached hydrogens (tertiary/aromatic N) is 3. The van der Waals surface area contributed by atoms with Gasteiger partial charge in [-0.1, -0.05) is 56.3 Å². The van der Waals surface area contributed by atoms with Crippen LogP contribution in [-0.4, -0.2) is 34.9 Å². The van der Waals surface area contributed by atoms with Crippen LogP contribution in [0.15, 0.2) is 85.2 Å². The number of aromatic nitrogens is 2. The van der Waals surface area contributed by atoms with E-state index < -0.39 is 0 Å². The maximum Gasteiger partial charge on any atom is 0.258 e. The molecule has 0 aliphatic carbocycles. The summed E-state index contributed by atoms with van der Waals surface area (Å²) in [6, 6.07) is 23.6. The summed E-state index contributed by atoms with van der Waals surface area (Å²) in [5.74, 6) is 0.759. The van der Waals surface area contributed by atoms with E-state index >= 15 is 0 Å². The highest BCUT2D eigenvalue weighted by atomic mass is 16.2.